The summed E-state index contributed by atoms with van der Waals surface area (Å²) in [6.07, 6.45) is 4.88. The summed E-state index contributed by atoms with van der Waals surface area (Å²) in [5, 5.41) is 0. The molecule has 0 spiro atoms. The predicted molar refractivity (Wildman–Crippen MR) is 60.3 cm³/mol. The lowest BCUT2D eigenvalue weighted by atomic mass is 10.2. The van der Waals surface area contributed by atoms with E-state index in [9.17, 15) is 0 Å². The predicted octanol–water partition coefficient (Wildman–Crippen LogP) is 3.88. The molecule has 0 bridgehead atoms. The summed E-state index contributed by atoms with van der Waals surface area (Å²) in [6, 6.07) is 0. The maximum atomic E-state index is 5.49. The molecule has 4 heteroatoms. The number of hydrogen-bond acceptors (Lipinski definition) is 3. The largest absolute Gasteiger partial charge is 0.332 e. The molecule has 0 radical (unpaired) electrons. The van der Waals surface area contributed by atoms with Crippen molar-refractivity contribution in [2.45, 2.75) is 46.5 Å². The van der Waals surface area contributed by atoms with Crippen LogP contribution < -0.4 is 0 Å². The average molecular weight is 222 g/mol. The fourth-order valence-electron chi connectivity index (χ4n) is 0.991. The van der Waals surface area contributed by atoms with Crippen molar-refractivity contribution >= 4 is 8.60 Å². The van der Waals surface area contributed by atoms with Crippen molar-refractivity contribution in [3.05, 3.63) is 0 Å². The SMILES string of the molecule is CCCCCCOP(OCC)OCC. The third kappa shape index (κ3) is 8.89. The standard InChI is InChI=1S/C10H23O3P/c1-4-7-8-9-10-13-14(11-5-2)12-6-3/h4-10H2,1-3H3. The van der Waals surface area contributed by atoms with E-state index in [4.69, 9.17) is 13.6 Å². The summed E-state index contributed by atoms with van der Waals surface area (Å²) in [4.78, 5) is 0. The van der Waals surface area contributed by atoms with E-state index in [0.29, 0.717) is 13.2 Å². The third-order valence-electron chi connectivity index (χ3n) is 1.66. The van der Waals surface area contributed by atoms with Gasteiger partial charge < -0.3 is 13.6 Å². The van der Waals surface area contributed by atoms with Crippen LogP contribution in [0.1, 0.15) is 46.5 Å². The normalized spacial score (nSPS) is 11.1. The van der Waals surface area contributed by atoms with Crippen LogP contribution in [-0.4, -0.2) is 19.8 Å². The molecule has 0 saturated carbocycles. The first-order valence-corrected chi connectivity index (χ1v) is 6.63. The van der Waals surface area contributed by atoms with Gasteiger partial charge in [0.05, 0.1) is 19.8 Å². The van der Waals surface area contributed by atoms with Crippen molar-refractivity contribution < 1.29 is 13.6 Å². The molecule has 0 aromatic heterocycles. The van der Waals surface area contributed by atoms with E-state index in [1.807, 2.05) is 13.8 Å². The van der Waals surface area contributed by atoms with Crippen molar-refractivity contribution in [3.8, 4) is 0 Å². The number of hydrogen-bond donors (Lipinski definition) is 0. The minimum Gasteiger partial charge on any atom is -0.313 e. The van der Waals surface area contributed by atoms with Gasteiger partial charge in [-0.3, -0.25) is 0 Å². The molecular weight excluding hydrogens is 199 g/mol. The van der Waals surface area contributed by atoms with Gasteiger partial charge in [-0.2, -0.15) is 0 Å². The summed E-state index contributed by atoms with van der Waals surface area (Å²) in [5.74, 6) is 0. The Morgan fingerprint density at radius 2 is 1.43 bits per heavy atom. The first-order valence-electron chi connectivity index (χ1n) is 5.54. The average Bonchev–Trinajstić information content (AvgIpc) is 2.18. The highest BCUT2D eigenvalue weighted by Crippen LogP contribution is 2.39. The Balaban J connectivity index is 3.30. The van der Waals surface area contributed by atoms with Gasteiger partial charge in [0.1, 0.15) is 0 Å². The van der Waals surface area contributed by atoms with E-state index in [2.05, 4.69) is 6.92 Å². The Kier molecular flexibility index (Phi) is 11.6. The second kappa shape index (κ2) is 11.4. The van der Waals surface area contributed by atoms with Crippen LogP contribution in [0.25, 0.3) is 0 Å². The Bertz CT molecular complexity index is 106. The zero-order valence-corrected chi connectivity index (χ0v) is 10.5. The van der Waals surface area contributed by atoms with Crippen LogP contribution in [0, 0.1) is 0 Å². The van der Waals surface area contributed by atoms with E-state index in [-0.39, 0.29) is 0 Å². The summed E-state index contributed by atoms with van der Waals surface area (Å²) < 4.78 is 16.1. The molecule has 3 nitrogen and oxygen atoms in total. The second-order valence-electron chi connectivity index (χ2n) is 2.95. The highest BCUT2D eigenvalue weighted by Gasteiger charge is 2.09. The van der Waals surface area contributed by atoms with Gasteiger partial charge in [0.2, 0.25) is 0 Å². The van der Waals surface area contributed by atoms with E-state index in [1.165, 1.54) is 19.3 Å². The maximum Gasteiger partial charge on any atom is 0.332 e. The van der Waals surface area contributed by atoms with E-state index < -0.39 is 8.60 Å². The van der Waals surface area contributed by atoms with Crippen LogP contribution in [0.2, 0.25) is 0 Å². The quantitative estimate of drug-likeness (QED) is 0.414. The molecule has 0 amide bonds. The first kappa shape index (κ1) is 14.3. The van der Waals surface area contributed by atoms with Gasteiger partial charge in [0.25, 0.3) is 0 Å². The van der Waals surface area contributed by atoms with Crippen molar-refractivity contribution in [1.29, 1.82) is 0 Å². The molecule has 0 rings (SSSR count). The molecule has 0 aromatic rings. The highest BCUT2D eigenvalue weighted by atomic mass is 31.2. The van der Waals surface area contributed by atoms with Crippen LogP contribution in [0.15, 0.2) is 0 Å². The zero-order valence-electron chi connectivity index (χ0n) is 9.62. The second-order valence-corrected chi connectivity index (χ2v) is 4.17. The molecule has 86 valence electrons. The molecular formula is C10H23O3P. The Labute approximate surface area is 89.1 Å². The lowest BCUT2D eigenvalue weighted by molar-refractivity contribution is 0.168. The summed E-state index contributed by atoms with van der Waals surface area (Å²) >= 11 is 0. The van der Waals surface area contributed by atoms with Gasteiger partial charge in [0.15, 0.2) is 0 Å². The Morgan fingerprint density at radius 3 is 1.93 bits per heavy atom. The number of rotatable bonds is 10. The summed E-state index contributed by atoms with van der Waals surface area (Å²) in [7, 11) is -1.08. The van der Waals surface area contributed by atoms with Crippen LogP contribution in [0.3, 0.4) is 0 Å². The highest BCUT2D eigenvalue weighted by molar-refractivity contribution is 7.41. The smallest absolute Gasteiger partial charge is 0.313 e. The van der Waals surface area contributed by atoms with Gasteiger partial charge in [0, 0.05) is 0 Å². The molecule has 0 atom stereocenters. The molecule has 14 heavy (non-hydrogen) atoms. The maximum absolute atomic E-state index is 5.49. The monoisotopic (exact) mass is 222 g/mol. The molecule has 0 aromatic carbocycles. The minimum atomic E-state index is -1.08. The third-order valence-corrected chi connectivity index (χ3v) is 3.00. The molecule has 0 aliphatic heterocycles. The molecule has 0 heterocycles. The Morgan fingerprint density at radius 1 is 0.786 bits per heavy atom. The lowest BCUT2D eigenvalue weighted by Gasteiger charge is -2.14. The van der Waals surface area contributed by atoms with E-state index in [0.717, 1.165) is 13.0 Å². The van der Waals surface area contributed by atoms with Crippen molar-refractivity contribution in [2.24, 2.45) is 0 Å². The van der Waals surface area contributed by atoms with Gasteiger partial charge in [-0.05, 0) is 20.3 Å². The number of unbranched alkanes of at least 4 members (excludes halogenated alkanes) is 3. The van der Waals surface area contributed by atoms with Gasteiger partial charge >= 0.3 is 8.60 Å². The van der Waals surface area contributed by atoms with Crippen molar-refractivity contribution in [1.82, 2.24) is 0 Å². The van der Waals surface area contributed by atoms with Crippen LogP contribution >= 0.6 is 8.60 Å². The summed E-state index contributed by atoms with van der Waals surface area (Å²) in [6.45, 7) is 8.17. The van der Waals surface area contributed by atoms with E-state index >= 15 is 0 Å². The molecule has 0 saturated heterocycles. The molecule has 0 fully saturated rings. The van der Waals surface area contributed by atoms with E-state index in [1.54, 1.807) is 0 Å². The zero-order chi connectivity index (χ0) is 10.6. The van der Waals surface area contributed by atoms with Gasteiger partial charge in [-0.1, -0.05) is 26.2 Å². The lowest BCUT2D eigenvalue weighted by Crippen LogP contribution is -1.97. The van der Waals surface area contributed by atoms with Crippen molar-refractivity contribution in [2.75, 3.05) is 19.8 Å². The van der Waals surface area contributed by atoms with Crippen LogP contribution in [-0.2, 0) is 13.6 Å². The fraction of sp³-hybridized carbons (Fsp3) is 1.00. The molecule has 0 aliphatic carbocycles. The molecule has 0 aliphatic rings. The van der Waals surface area contributed by atoms with Gasteiger partial charge in [-0.25, -0.2) is 0 Å². The molecule has 0 N–H and O–H groups in total. The van der Waals surface area contributed by atoms with Crippen LogP contribution in [0.4, 0.5) is 0 Å². The Hall–Kier alpha value is 0.310. The van der Waals surface area contributed by atoms with Crippen LogP contribution in [0.5, 0.6) is 0 Å². The topological polar surface area (TPSA) is 27.7 Å². The van der Waals surface area contributed by atoms with Gasteiger partial charge in [-0.15, -0.1) is 0 Å². The van der Waals surface area contributed by atoms with Crippen molar-refractivity contribution in [3.63, 3.8) is 0 Å². The fourth-order valence-corrected chi connectivity index (χ4v) is 1.91. The minimum absolute atomic E-state index is 0.653. The first-order chi connectivity index (χ1) is 6.85. The summed E-state index contributed by atoms with van der Waals surface area (Å²) in [5.41, 5.74) is 0. The molecule has 0 unspecified atom stereocenters.